The third-order valence-electron chi connectivity index (χ3n) is 3.14. The van der Waals surface area contributed by atoms with Crippen LogP contribution in [0.1, 0.15) is 47.0 Å². The molecule has 0 heterocycles. The Hall–Kier alpha value is -0.0800. The van der Waals surface area contributed by atoms with Crippen molar-refractivity contribution in [1.82, 2.24) is 4.90 Å². The molecule has 0 fully saturated rings. The first-order valence-electron chi connectivity index (χ1n) is 6.41. The van der Waals surface area contributed by atoms with Crippen LogP contribution in [0.4, 0.5) is 0 Å². The van der Waals surface area contributed by atoms with E-state index in [1.807, 2.05) is 0 Å². The van der Waals surface area contributed by atoms with E-state index in [0.717, 1.165) is 19.0 Å². The van der Waals surface area contributed by atoms with E-state index in [0.29, 0.717) is 12.0 Å². The van der Waals surface area contributed by atoms with Crippen LogP contribution < -0.4 is 5.73 Å². The van der Waals surface area contributed by atoms with Gasteiger partial charge in [-0.25, -0.2) is 0 Å². The molecule has 2 unspecified atom stereocenters. The zero-order valence-corrected chi connectivity index (χ0v) is 11.3. The summed E-state index contributed by atoms with van der Waals surface area (Å²) < 4.78 is 0. The molecule has 0 saturated carbocycles. The molecule has 0 aliphatic heterocycles. The predicted octanol–water partition coefficient (Wildman–Crippen LogP) is 2.73. The summed E-state index contributed by atoms with van der Waals surface area (Å²) >= 11 is 0. The number of hydrogen-bond acceptors (Lipinski definition) is 2. The van der Waals surface area contributed by atoms with Gasteiger partial charge in [0.25, 0.3) is 0 Å². The molecule has 2 heteroatoms. The molecule has 0 amide bonds. The topological polar surface area (TPSA) is 29.3 Å². The van der Waals surface area contributed by atoms with E-state index in [-0.39, 0.29) is 0 Å². The van der Waals surface area contributed by atoms with Gasteiger partial charge in [0.1, 0.15) is 0 Å². The Kier molecular flexibility index (Phi) is 8.07. The average molecular weight is 214 g/mol. The van der Waals surface area contributed by atoms with Crippen molar-refractivity contribution in [3.63, 3.8) is 0 Å². The third kappa shape index (κ3) is 6.91. The Balaban J connectivity index is 3.94. The Morgan fingerprint density at radius 1 is 1.20 bits per heavy atom. The lowest BCUT2D eigenvalue weighted by Gasteiger charge is -2.29. The van der Waals surface area contributed by atoms with Crippen LogP contribution in [-0.2, 0) is 0 Å². The van der Waals surface area contributed by atoms with Gasteiger partial charge >= 0.3 is 0 Å². The molecule has 2 atom stereocenters. The van der Waals surface area contributed by atoms with Gasteiger partial charge in [-0.2, -0.15) is 0 Å². The van der Waals surface area contributed by atoms with Crippen LogP contribution in [0.5, 0.6) is 0 Å². The molecule has 0 aromatic heterocycles. The fourth-order valence-corrected chi connectivity index (χ4v) is 2.14. The molecule has 0 radical (unpaired) electrons. The number of nitrogens with zero attached hydrogens (tertiary/aromatic N) is 1. The van der Waals surface area contributed by atoms with E-state index in [2.05, 4.69) is 39.6 Å². The van der Waals surface area contributed by atoms with Gasteiger partial charge in [-0.15, -0.1) is 0 Å². The molecule has 0 bridgehead atoms. The summed E-state index contributed by atoms with van der Waals surface area (Å²) in [6, 6.07) is 0.691. The van der Waals surface area contributed by atoms with Crippen LogP contribution in [0.2, 0.25) is 0 Å². The molecular weight excluding hydrogens is 184 g/mol. The van der Waals surface area contributed by atoms with Crippen molar-refractivity contribution < 1.29 is 0 Å². The molecule has 0 saturated heterocycles. The quantitative estimate of drug-likeness (QED) is 0.673. The number of hydrogen-bond donors (Lipinski definition) is 1. The molecule has 0 aromatic carbocycles. The van der Waals surface area contributed by atoms with Gasteiger partial charge < -0.3 is 10.6 Å². The summed E-state index contributed by atoms with van der Waals surface area (Å²) in [7, 11) is 2.23. The third-order valence-corrected chi connectivity index (χ3v) is 3.14. The number of rotatable bonds is 8. The minimum Gasteiger partial charge on any atom is -0.330 e. The van der Waals surface area contributed by atoms with E-state index in [4.69, 9.17) is 5.73 Å². The van der Waals surface area contributed by atoms with E-state index in [9.17, 15) is 0 Å². The zero-order valence-electron chi connectivity index (χ0n) is 11.3. The second kappa shape index (κ2) is 8.12. The predicted molar refractivity (Wildman–Crippen MR) is 69.0 cm³/mol. The molecule has 0 aromatic rings. The van der Waals surface area contributed by atoms with Gasteiger partial charge in [0, 0.05) is 12.6 Å². The van der Waals surface area contributed by atoms with Gasteiger partial charge in [0.05, 0.1) is 0 Å². The minimum atomic E-state index is 0.661. The van der Waals surface area contributed by atoms with Crippen LogP contribution in [0, 0.1) is 11.8 Å². The van der Waals surface area contributed by atoms with Crippen LogP contribution in [0.15, 0.2) is 0 Å². The first kappa shape index (κ1) is 14.9. The molecule has 2 N–H and O–H groups in total. The highest BCUT2D eigenvalue weighted by molar-refractivity contribution is 4.70. The van der Waals surface area contributed by atoms with Crippen molar-refractivity contribution in [2.75, 3.05) is 20.1 Å². The van der Waals surface area contributed by atoms with Crippen molar-refractivity contribution in [2.45, 2.75) is 53.0 Å². The molecule has 2 nitrogen and oxygen atoms in total. The Bertz CT molecular complexity index is 145. The second-order valence-electron chi connectivity index (χ2n) is 5.31. The van der Waals surface area contributed by atoms with E-state index in [1.165, 1.54) is 19.3 Å². The van der Waals surface area contributed by atoms with Crippen LogP contribution in [0.25, 0.3) is 0 Å². The van der Waals surface area contributed by atoms with Crippen molar-refractivity contribution in [2.24, 2.45) is 17.6 Å². The zero-order chi connectivity index (χ0) is 11.8. The Morgan fingerprint density at radius 3 is 2.20 bits per heavy atom. The summed E-state index contributed by atoms with van der Waals surface area (Å²) in [5.41, 5.74) is 5.82. The maximum absolute atomic E-state index is 5.82. The maximum atomic E-state index is 5.82. The molecule has 0 rings (SSSR count). The van der Waals surface area contributed by atoms with E-state index < -0.39 is 0 Å². The Labute approximate surface area is 96.2 Å². The summed E-state index contributed by atoms with van der Waals surface area (Å²) in [5, 5.41) is 0. The lowest BCUT2D eigenvalue weighted by atomic mass is 9.96. The highest BCUT2D eigenvalue weighted by Crippen LogP contribution is 2.14. The number of nitrogens with two attached hydrogens (primary N) is 1. The van der Waals surface area contributed by atoms with Crippen molar-refractivity contribution >= 4 is 0 Å². The lowest BCUT2D eigenvalue weighted by molar-refractivity contribution is 0.197. The summed E-state index contributed by atoms with van der Waals surface area (Å²) in [5.74, 6) is 1.42. The van der Waals surface area contributed by atoms with Gasteiger partial charge in [0.2, 0.25) is 0 Å². The molecule has 15 heavy (non-hydrogen) atoms. The monoisotopic (exact) mass is 214 g/mol. The van der Waals surface area contributed by atoms with Gasteiger partial charge in [-0.1, -0.05) is 27.2 Å². The molecule has 92 valence electrons. The molecule has 0 aliphatic carbocycles. The smallest absolute Gasteiger partial charge is 0.00639 e. The van der Waals surface area contributed by atoms with Gasteiger partial charge in [-0.3, -0.25) is 0 Å². The van der Waals surface area contributed by atoms with E-state index in [1.54, 1.807) is 0 Å². The SMILES string of the molecule is CCCC(C)N(C)CC(CN)CC(C)C. The highest BCUT2D eigenvalue weighted by Gasteiger charge is 2.15. The largest absolute Gasteiger partial charge is 0.330 e. The lowest BCUT2D eigenvalue weighted by Crippen LogP contribution is -2.36. The first-order chi connectivity index (χ1) is 7.01. The standard InChI is InChI=1S/C13H30N2/c1-6-7-12(4)15(5)10-13(9-14)8-11(2)3/h11-13H,6-10,14H2,1-5H3. The average Bonchev–Trinajstić information content (AvgIpc) is 2.16. The van der Waals surface area contributed by atoms with Crippen LogP contribution in [-0.4, -0.2) is 31.1 Å². The molecule has 0 spiro atoms. The molecule has 0 aliphatic rings. The summed E-state index contributed by atoms with van der Waals surface area (Å²) in [4.78, 5) is 2.46. The van der Waals surface area contributed by atoms with Crippen molar-refractivity contribution in [3.05, 3.63) is 0 Å². The van der Waals surface area contributed by atoms with Crippen molar-refractivity contribution in [1.29, 1.82) is 0 Å². The minimum absolute atomic E-state index is 0.661. The fraction of sp³-hybridized carbons (Fsp3) is 1.00. The van der Waals surface area contributed by atoms with Crippen molar-refractivity contribution in [3.8, 4) is 0 Å². The van der Waals surface area contributed by atoms with Gasteiger partial charge in [0.15, 0.2) is 0 Å². The van der Waals surface area contributed by atoms with E-state index >= 15 is 0 Å². The molecular formula is C13H30N2. The van der Waals surface area contributed by atoms with Crippen LogP contribution >= 0.6 is 0 Å². The van der Waals surface area contributed by atoms with Crippen LogP contribution in [0.3, 0.4) is 0 Å². The maximum Gasteiger partial charge on any atom is 0.00639 e. The Morgan fingerprint density at radius 2 is 1.80 bits per heavy atom. The van der Waals surface area contributed by atoms with Gasteiger partial charge in [-0.05, 0) is 45.2 Å². The first-order valence-corrected chi connectivity index (χ1v) is 6.41. The second-order valence-corrected chi connectivity index (χ2v) is 5.31. The fourth-order valence-electron chi connectivity index (χ4n) is 2.14. The summed E-state index contributed by atoms with van der Waals surface area (Å²) in [6.45, 7) is 11.1. The highest BCUT2D eigenvalue weighted by atomic mass is 15.1. The summed E-state index contributed by atoms with van der Waals surface area (Å²) in [6.07, 6.45) is 3.80. The normalized spacial score (nSPS) is 16.0.